The first kappa shape index (κ1) is 24.7. The molecule has 3 radical (unpaired) electrons. The second kappa shape index (κ2) is 11.7. The Kier molecular flexibility index (Phi) is 9.07. The summed E-state index contributed by atoms with van der Waals surface area (Å²) in [5.41, 5.74) is 5.78. The Hall–Kier alpha value is -3.55. The standard InChI is InChI=1S/C23H16N4.C2H4O2.Ag/c24-13-18-5-9-20(10-6-18)15-26-17-27(23-4-2-1-3-22(23)26)16-21-11-7-19(14-25)8-12-21;1-2(3)4;/h1-12H,15-16H2;1H3,(H,3,4);. The molecule has 7 heteroatoms. The van der Waals surface area contributed by atoms with E-state index in [9.17, 15) is 0 Å². The van der Waals surface area contributed by atoms with Crippen LogP contribution in [-0.2, 0) is 40.3 Å². The number of anilines is 2. The largest absolute Gasteiger partial charge is 0.481 e. The van der Waals surface area contributed by atoms with Crippen LogP contribution in [0, 0.1) is 29.3 Å². The van der Waals surface area contributed by atoms with E-state index in [4.69, 9.17) is 20.4 Å². The smallest absolute Gasteiger partial charge is 0.300 e. The van der Waals surface area contributed by atoms with Gasteiger partial charge in [-0.1, -0.05) is 36.4 Å². The van der Waals surface area contributed by atoms with Gasteiger partial charge in [-0.3, -0.25) is 4.79 Å². The molecule has 3 aromatic carbocycles. The molecule has 0 saturated heterocycles. The Morgan fingerprint density at radius 1 is 0.812 bits per heavy atom. The average molecular weight is 516 g/mol. The molecule has 0 unspecified atom stereocenters. The van der Waals surface area contributed by atoms with E-state index in [1.54, 1.807) is 0 Å². The Labute approximate surface area is 203 Å². The quantitative estimate of drug-likeness (QED) is 0.512. The minimum atomic E-state index is -0.833. The third-order valence-electron chi connectivity index (χ3n) is 4.55. The van der Waals surface area contributed by atoms with E-state index in [2.05, 4.69) is 40.7 Å². The van der Waals surface area contributed by atoms with Crippen molar-refractivity contribution in [3.8, 4) is 12.1 Å². The molecule has 4 rings (SSSR count). The number of para-hydroxylation sites is 2. The number of aliphatic carboxylic acids is 1. The summed E-state index contributed by atoms with van der Waals surface area (Å²) < 4.78 is 0. The summed E-state index contributed by atoms with van der Waals surface area (Å²) in [5, 5.41) is 25.3. The molecule has 1 N–H and O–H groups in total. The van der Waals surface area contributed by atoms with Gasteiger partial charge in [-0.05, 0) is 47.5 Å². The van der Waals surface area contributed by atoms with Crippen LogP contribution in [0.4, 0.5) is 11.4 Å². The van der Waals surface area contributed by atoms with E-state index < -0.39 is 5.97 Å². The summed E-state index contributed by atoms with van der Waals surface area (Å²) in [7, 11) is 0. The maximum Gasteiger partial charge on any atom is 0.300 e. The third-order valence-corrected chi connectivity index (χ3v) is 4.55. The van der Waals surface area contributed by atoms with Gasteiger partial charge in [0.25, 0.3) is 5.97 Å². The van der Waals surface area contributed by atoms with E-state index >= 15 is 0 Å². The summed E-state index contributed by atoms with van der Waals surface area (Å²) in [5.74, 6) is -0.833. The number of fused-ring (bicyclic) bond motifs is 1. The van der Waals surface area contributed by atoms with Gasteiger partial charge in [0.05, 0.1) is 34.6 Å². The van der Waals surface area contributed by atoms with Crippen LogP contribution in [0.5, 0.6) is 0 Å². The van der Waals surface area contributed by atoms with Crippen molar-refractivity contribution < 1.29 is 32.3 Å². The summed E-state index contributed by atoms with van der Waals surface area (Å²) in [4.78, 5) is 13.2. The molecule has 0 fully saturated rings. The predicted molar refractivity (Wildman–Crippen MR) is 118 cm³/mol. The molecule has 1 heterocycles. The van der Waals surface area contributed by atoms with E-state index in [1.165, 1.54) is 0 Å². The third kappa shape index (κ3) is 6.47. The number of carbonyl (C=O) groups is 1. The van der Waals surface area contributed by atoms with E-state index in [-0.39, 0.29) is 22.4 Å². The number of nitriles is 2. The number of hydrogen-bond acceptors (Lipinski definition) is 5. The molecule has 0 bridgehead atoms. The number of carboxylic acid groups (broad SMARTS) is 1. The van der Waals surface area contributed by atoms with Gasteiger partial charge in [0.1, 0.15) is 0 Å². The normalized spacial score (nSPS) is 11.2. The summed E-state index contributed by atoms with van der Waals surface area (Å²) in [6.07, 6.45) is 0. The fourth-order valence-corrected chi connectivity index (χ4v) is 3.15. The monoisotopic (exact) mass is 515 g/mol. The topological polar surface area (TPSA) is 91.4 Å². The Morgan fingerprint density at radius 2 is 1.16 bits per heavy atom. The molecule has 32 heavy (non-hydrogen) atoms. The van der Waals surface area contributed by atoms with Crippen molar-refractivity contribution in [1.82, 2.24) is 0 Å². The number of carboxylic acids is 1. The van der Waals surface area contributed by atoms with Crippen molar-refractivity contribution in [2.45, 2.75) is 20.0 Å². The Balaban J connectivity index is 0.000000672. The molecular weight excluding hydrogens is 496 g/mol. The number of nitrogens with zero attached hydrogens (tertiary/aromatic N) is 4. The van der Waals surface area contributed by atoms with Crippen LogP contribution in [0.15, 0.2) is 72.8 Å². The number of hydrogen-bond donors (Lipinski definition) is 1. The molecule has 163 valence electrons. The van der Waals surface area contributed by atoms with Gasteiger partial charge >= 0.3 is 0 Å². The van der Waals surface area contributed by atoms with Gasteiger partial charge in [0.15, 0.2) is 0 Å². The van der Waals surface area contributed by atoms with Crippen molar-refractivity contribution in [2.24, 2.45) is 0 Å². The van der Waals surface area contributed by atoms with Crippen molar-refractivity contribution >= 4 is 17.3 Å². The summed E-state index contributed by atoms with van der Waals surface area (Å²) in [6.45, 7) is 5.90. The molecule has 0 aromatic heterocycles. The van der Waals surface area contributed by atoms with Crippen molar-refractivity contribution in [3.63, 3.8) is 0 Å². The van der Waals surface area contributed by atoms with Crippen molar-refractivity contribution in [3.05, 3.63) is 102 Å². The minimum absolute atomic E-state index is 0. The molecule has 0 aliphatic carbocycles. The first-order chi connectivity index (χ1) is 15.0. The molecule has 0 amide bonds. The maximum atomic E-state index is 9.00. The zero-order valence-corrected chi connectivity index (χ0v) is 18.8. The second-order valence-electron chi connectivity index (χ2n) is 6.90. The van der Waals surface area contributed by atoms with Gasteiger partial charge < -0.3 is 14.9 Å². The molecule has 0 spiro atoms. The number of benzene rings is 3. The maximum absolute atomic E-state index is 9.00. The Bertz CT molecular complexity index is 1040. The summed E-state index contributed by atoms with van der Waals surface area (Å²) >= 11 is 0. The SMILES string of the molecule is CC(=O)O.N#Cc1ccc(CN2[C]N(Cc3ccc(C#N)cc3)c3ccccc32)cc1.[Ag]. The van der Waals surface area contributed by atoms with Crippen LogP contribution in [0.2, 0.25) is 0 Å². The molecule has 3 aromatic rings. The minimum Gasteiger partial charge on any atom is -0.481 e. The average Bonchev–Trinajstić information content (AvgIpc) is 3.12. The van der Waals surface area contributed by atoms with Crippen LogP contribution in [0.25, 0.3) is 0 Å². The first-order valence-electron chi connectivity index (χ1n) is 9.58. The van der Waals surface area contributed by atoms with Crippen molar-refractivity contribution in [1.29, 1.82) is 10.5 Å². The van der Waals surface area contributed by atoms with Gasteiger partial charge in [-0.15, -0.1) is 0 Å². The van der Waals surface area contributed by atoms with Gasteiger partial charge in [-0.2, -0.15) is 10.5 Å². The van der Waals surface area contributed by atoms with Crippen LogP contribution >= 0.6 is 0 Å². The molecule has 1 aliphatic rings. The fourth-order valence-electron chi connectivity index (χ4n) is 3.15. The zero-order valence-electron chi connectivity index (χ0n) is 17.3. The summed E-state index contributed by atoms with van der Waals surface area (Å²) in [6, 6.07) is 27.8. The second-order valence-corrected chi connectivity index (χ2v) is 6.90. The molecule has 0 saturated carbocycles. The fraction of sp³-hybridized carbons (Fsp3) is 0.120. The predicted octanol–water partition coefficient (Wildman–Crippen LogP) is 4.54. The molecule has 0 atom stereocenters. The molecule has 6 nitrogen and oxygen atoms in total. The molecular formula is C25H20AgN4O2. The van der Waals surface area contributed by atoms with E-state index in [0.717, 1.165) is 29.4 Å². The first-order valence-corrected chi connectivity index (χ1v) is 9.58. The molecule has 1 aliphatic heterocycles. The van der Waals surface area contributed by atoms with Gasteiger partial charge in [0, 0.05) is 42.4 Å². The van der Waals surface area contributed by atoms with Crippen LogP contribution in [0.1, 0.15) is 29.2 Å². The van der Waals surface area contributed by atoms with E-state index in [0.29, 0.717) is 24.2 Å². The Morgan fingerprint density at radius 3 is 1.47 bits per heavy atom. The van der Waals surface area contributed by atoms with Crippen LogP contribution in [-0.4, -0.2) is 11.1 Å². The zero-order chi connectivity index (χ0) is 22.2. The van der Waals surface area contributed by atoms with Crippen molar-refractivity contribution in [2.75, 3.05) is 9.80 Å². The van der Waals surface area contributed by atoms with E-state index in [1.807, 2.05) is 60.7 Å². The number of rotatable bonds is 4. The van der Waals surface area contributed by atoms with Crippen LogP contribution < -0.4 is 9.80 Å². The van der Waals surface area contributed by atoms with Gasteiger partial charge in [-0.25, -0.2) is 0 Å². The van der Waals surface area contributed by atoms with Crippen LogP contribution in [0.3, 0.4) is 0 Å². The van der Waals surface area contributed by atoms with Gasteiger partial charge in [0.2, 0.25) is 6.67 Å².